The second-order valence-electron chi connectivity index (χ2n) is 4.50. The third-order valence-corrected chi connectivity index (χ3v) is 4.71. The van der Waals surface area contributed by atoms with Gasteiger partial charge < -0.3 is 0 Å². The molecule has 4 heteroatoms. The molecule has 1 saturated carbocycles. The van der Waals surface area contributed by atoms with Crippen LogP contribution in [-0.4, -0.2) is 25.6 Å². The van der Waals surface area contributed by atoms with E-state index in [0.717, 1.165) is 19.3 Å². The maximum atomic E-state index is 11.8. The van der Waals surface area contributed by atoms with Gasteiger partial charge in [0, 0.05) is 12.3 Å². The van der Waals surface area contributed by atoms with E-state index in [-0.39, 0.29) is 6.04 Å². The predicted octanol–water partition coefficient (Wildman–Crippen LogP) is 1.70. The number of rotatable bonds is 3. The molecule has 0 N–H and O–H groups in total. The summed E-state index contributed by atoms with van der Waals surface area (Å²) >= 11 is 0. The molecule has 0 aliphatic heterocycles. The Labute approximate surface area is 87.2 Å². The summed E-state index contributed by atoms with van der Waals surface area (Å²) in [6.07, 6.45) is 5.87. The zero-order valence-corrected chi connectivity index (χ0v) is 10.1. The van der Waals surface area contributed by atoms with Crippen LogP contribution >= 0.6 is 0 Å². The van der Waals surface area contributed by atoms with E-state index in [2.05, 4.69) is 5.32 Å². The van der Waals surface area contributed by atoms with Gasteiger partial charge in [-0.3, -0.25) is 0 Å². The van der Waals surface area contributed by atoms with Crippen molar-refractivity contribution in [2.75, 3.05) is 6.26 Å². The van der Waals surface area contributed by atoms with E-state index in [1.807, 2.05) is 13.8 Å². The molecule has 1 fully saturated rings. The summed E-state index contributed by atoms with van der Waals surface area (Å²) in [7, 11) is -3.05. The Kier molecular flexibility index (Phi) is 3.58. The SMILES string of the molecule is CC(C)[N]C1(S(C)(=O)=O)CCCCC1. The van der Waals surface area contributed by atoms with Crippen molar-refractivity contribution in [3.8, 4) is 0 Å². The summed E-state index contributed by atoms with van der Waals surface area (Å²) in [6.45, 7) is 3.89. The molecule has 0 heterocycles. The van der Waals surface area contributed by atoms with Crippen LogP contribution in [0.3, 0.4) is 0 Å². The lowest BCUT2D eigenvalue weighted by molar-refractivity contribution is 0.293. The second kappa shape index (κ2) is 4.19. The molecule has 0 amide bonds. The summed E-state index contributed by atoms with van der Waals surface area (Å²) < 4.78 is 23.5. The molecular formula is C10H20NO2S. The van der Waals surface area contributed by atoms with E-state index in [0.29, 0.717) is 12.8 Å². The molecule has 0 saturated heterocycles. The van der Waals surface area contributed by atoms with Crippen LogP contribution in [-0.2, 0) is 9.84 Å². The van der Waals surface area contributed by atoms with Crippen LogP contribution in [0, 0.1) is 0 Å². The van der Waals surface area contributed by atoms with Gasteiger partial charge in [-0.25, -0.2) is 13.7 Å². The fourth-order valence-electron chi connectivity index (χ4n) is 2.17. The normalized spacial score (nSPS) is 22.6. The molecule has 1 radical (unpaired) electrons. The molecule has 0 aromatic heterocycles. The van der Waals surface area contributed by atoms with E-state index in [9.17, 15) is 8.42 Å². The molecular weight excluding hydrogens is 198 g/mol. The maximum Gasteiger partial charge on any atom is 0.167 e. The summed E-state index contributed by atoms with van der Waals surface area (Å²) in [6, 6.07) is 0.0998. The van der Waals surface area contributed by atoms with Crippen molar-refractivity contribution in [2.45, 2.75) is 56.9 Å². The van der Waals surface area contributed by atoms with Crippen LogP contribution in [0.25, 0.3) is 0 Å². The molecule has 3 nitrogen and oxygen atoms in total. The maximum absolute atomic E-state index is 11.8. The molecule has 0 aromatic rings. The Morgan fingerprint density at radius 1 is 1.14 bits per heavy atom. The van der Waals surface area contributed by atoms with Crippen molar-refractivity contribution >= 4 is 9.84 Å². The van der Waals surface area contributed by atoms with Crippen molar-refractivity contribution in [3.05, 3.63) is 0 Å². The van der Waals surface area contributed by atoms with Crippen LogP contribution in [0.2, 0.25) is 0 Å². The van der Waals surface area contributed by atoms with E-state index >= 15 is 0 Å². The first kappa shape index (κ1) is 12.0. The number of sulfone groups is 1. The Morgan fingerprint density at radius 2 is 1.64 bits per heavy atom. The molecule has 0 spiro atoms. The molecule has 0 atom stereocenters. The standard InChI is InChI=1S/C10H20NO2S/c1-9(2)11-10(14(3,12)13)7-5-4-6-8-10/h9H,4-8H2,1-3H3. The topological polar surface area (TPSA) is 48.2 Å². The first-order valence-corrected chi connectivity index (χ1v) is 7.18. The molecule has 1 aliphatic rings. The molecule has 1 aliphatic carbocycles. The van der Waals surface area contributed by atoms with Gasteiger partial charge in [-0.15, -0.1) is 0 Å². The zero-order valence-electron chi connectivity index (χ0n) is 9.28. The summed E-state index contributed by atoms with van der Waals surface area (Å²) in [5.41, 5.74) is 0. The Balaban J connectivity index is 2.89. The Bertz CT molecular complexity index is 276. The Morgan fingerprint density at radius 3 is 2.00 bits per heavy atom. The highest BCUT2D eigenvalue weighted by atomic mass is 32.2. The van der Waals surface area contributed by atoms with Crippen molar-refractivity contribution < 1.29 is 8.42 Å². The lowest BCUT2D eigenvalue weighted by Gasteiger charge is -2.36. The molecule has 0 unspecified atom stereocenters. The molecule has 1 rings (SSSR count). The molecule has 0 aromatic carbocycles. The third-order valence-electron chi connectivity index (χ3n) is 2.82. The van der Waals surface area contributed by atoms with Gasteiger partial charge in [-0.2, -0.15) is 0 Å². The van der Waals surface area contributed by atoms with Crippen LogP contribution in [0.4, 0.5) is 0 Å². The lowest BCUT2D eigenvalue weighted by atomic mass is 9.94. The number of hydrogen-bond donors (Lipinski definition) is 0. The van der Waals surface area contributed by atoms with Gasteiger partial charge >= 0.3 is 0 Å². The highest BCUT2D eigenvalue weighted by molar-refractivity contribution is 7.92. The van der Waals surface area contributed by atoms with Gasteiger partial charge in [-0.1, -0.05) is 19.3 Å². The highest BCUT2D eigenvalue weighted by Gasteiger charge is 2.42. The van der Waals surface area contributed by atoms with Crippen LogP contribution in [0.15, 0.2) is 0 Å². The number of nitrogens with zero attached hydrogens (tertiary/aromatic N) is 1. The van der Waals surface area contributed by atoms with Gasteiger partial charge in [0.1, 0.15) is 4.87 Å². The average molecular weight is 218 g/mol. The van der Waals surface area contributed by atoms with Crippen molar-refractivity contribution in [1.29, 1.82) is 0 Å². The average Bonchev–Trinajstić information content (AvgIpc) is 2.02. The van der Waals surface area contributed by atoms with Crippen LogP contribution < -0.4 is 5.32 Å². The second-order valence-corrected chi connectivity index (χ2v) is 6.81. The van der Waals surface area contributed by atoms with Crippen molar-refractivity contribution in [3.63, 3.8) is 0 Å². The predicted molar refractivity (Wildman–Crippen MR) is 57.9 cm³/mol. The van der Waals surface area contributed by atoms with E-state index in [1.165, 1.54) is 6.26 Å². The summed E-state index contributed by atoms with van der Waals surface area (Å²) in [4.78, 5) is -0.764. The molecule has 83 valence electrons. The van der Waals surface area contributed by atoms with Gasteiger partial charge in [0.15, 0.2) is 9.84 Å². The molecule has 14 heavy (non-hydrogen) atoms. The quantitative estimate of drug-likeness (QED) is 0.724. The zero-order chi connectivity index (χ0) is 10.8. The van der Waals surface area contributed by atoms with Crippen molar-refractivity contribution in [1.82, 2.24) is 5.32 Å². The fraction of sp³-hybridized carbons (Fsp3) is 1.00. The van der Waals surface area contributed by atoms with E-state index in [1.54, 1.807) is 0 Å². The summed E-state index contributed by atoms with van der Waals surface area (Å²) in [5, 5.41) is 4.45. The summed E-state index contributed by atoms with van der Waals surface area (Å²) in [5.74, 6) is 0. The monoisotopic (exact) mass is 218 g/mol. The van der Waals surface area contributed by atoms with Crippen LogP contribution in [0.5, 0.6) is 0 Å². The third kappa shape index (κ3) is 2.48. The number of hydrogen-bond acceptors (Lipinski definition) is 2. The first-order valence-electron chi connectivity index (χ1n) is 5.29. The smallest absolute Gasteiger partial charge is 0.167 e. The lowest BCUT2D eigenvalue weighted by Crippen LogP contribution is -2.50. The minimum absolute atomic E-state index is 0.0998. The minimum atomic E-state index is -3.05. The van der Waals surface area contributed by atoms with Gasteiger partial charge in [-0.05, 0) is 26.7 Å². The highest BCUT2D eigenvalue weighted by Crippen LogP contribution is 2.33. The largest absolute Gasteiger partial charge is 0.227 e. The van der Waals surface area contributed by atoms with E-state index in [4.69, 9.17) is 0 Å². The Hall–Kier alpha value is -0.0900. The molecule has 0 bridgehead atoms. The van der Waals surface area contributed by atoms with Crippen LogP contribution in [0.1, 0.15) is 46.0 Å². The van der Waals surface area contributed by atoms with Gasteiger partial charge in [0.2, 0.25) is 0 Å². The van der Waals surface area contributed by atoms with Gasteiger partial charge in [0.25, 0.3) is 0 Å². The first-order chi connectivity index (χ1) is 6.37. The minimum Gasteiger partial charge on any atom is -0.227 e. The fourth-order valence-corrected chi connectivity index (χ4v) is 3.60. The van der Waals surface area contributed by atoms with Gasteiger partial charge in [0.05, 0.1) is 0 Å². The van der Waals surface area contributed by atoms with E-state index < -0.39 is 14.7 Å². The van der Waals surface area contributed by atoms with Crippen molar-refractivity contribution in [2.24, 2.45) is 0 Å².